The molecule has 2 aromatic carbocycles. The van der Waals surface area contributed by atoms with Gasteiger partial charge in [0.15, 0.2) is 0 Å². The van der Waals surface area contributed by atoms with Gasteiger partial charge in [0.05, 0.1) is 33.0 Å². The van der Waals surface area contributed by atoms with Crippen molar-refractivity contribution >= 4 is 45.2 Å². The number of phenols is 1. The fourth-order valence-corrected chi connectivity index (χ4v) is 3.77. The molecule has 184 valence electrons. The molecule has 0 aromatic heterocycles. The van der Waals surface area contributed by atoms with E-state index in [2.05, 4.69) is 67.1 Å². The summed E-state index contributed by atoms with van der Waals surface area (Å²) in [5.41, 5.74) is 0. The van der Waals surface area contributed by atoms with Gasteiger partial charge in [-0.25, -0.2) is 0 Å². The zero-order valence-electron chi connectivity index (χ0n) is 18.9. The van der Waals surface area contributed by atoms with Crippen molar-refractivity contribution in [3.63, 3.8) is 0 Å². The van der Waals surface area contributed by atoms with Gasteiger partial charge in [-0.3, -0.25) is 9.80 Å². The van der Waals surface area contributed by atoms with E-state index in [-0.39, 0.29) is 6.61 Å². The lowest BCUT2D eigenvalue weighted by Gasteiger charge is -2.26. The molecular weight excluding hydrogens is 650 g/mol. The van der Waals surface area contributed by atoms with Crippen LogP contribution in [0.5, 0.6) is 11.5 Å². The van der Waals surface area contributed by atoms with Crippen molar-refractivity contribution in [2.75, 3.05) is 78.9 Å². The summed E-state index contributed by atoms with van der Waals surface area (Å²) in [4.78, 5) is 4.57. The Morgan fingerprint density at radius 2 is 1.18 bits per heavy atom. The first-order chi connectivity index (χ1) is 16.1. The van der Waals surface area contributed by atoms with E-state index in [9.17, 15) is 0 Å². The highest BCUT2D eigenvalue weighted by molar-refractivity contribution is 14.1. The summed E-state index contributed by atoms with van der Waals surface area (Å²) in [5, 5.41) is 17.3. The number of benzene rings is 2. The molecule has 4 rings (SSSR count). The van der Waals surface area contributed by atoms with Gasteiger partial charge in [-0.05, 0) is 93.7 Å². The predicted molar refractivity (Wildman–Crippen MR) is 147 cm³/mol. The first-order valence-electron chi connectivity index (χ1n) is 11.1. The highest BCUT2D eigenvalue weighted by Gasteiger charge is 2.09. The SMILES string of the molecule is Ic1ccc(OCCN2CCOCC2)cc1.OCCN1CCOCC1.Oc1ccc(I)cc1. The van der Waals surface area contributed by atoms with Crippen molar-refractivity contribution < 1.29 is 24.4 Å². The highest BCUT2D eigenvalue weighted by Crippen LogP contribution is 2.13. The van der Waals surface area contributed by atoms with Crippen molar-refractivity contribution in [1.29, 1.82) is 0 Å². The zero-order valence-corrected chi connectivity index (χ0v) is 23.2. The van der Waals surface area contributed by atoms with E-state index >= 15 is 0 Å². The van der Waals surface area contributed by atoms with Gasteiger partial charge in [-0.15, -0.1) is 0 Å². The maximum Gasteiger partial charge on any atom is 0.119 e. The number of aliphatic hydroxyl groups is 1. The second kappa shape index (κ2) is 17.7. The lowest BCUT2D eigenvalue weighted by molar-refractivity contribution is 0.0306. The number of rotatable bonds is 6. The van der Waals surface area contributed by atoms with Crippen molar-refractivity contribution in [3.8, 4) is 11.5 Å². The van der Waals surface area contributed by atoms with Crippen LogP contribution in [0.2, 0.25) is 0 Å². The first-order valence-corrected chi connectivity index (χ1v) is 13.3. The average molecular weight is 684 g/mol. The topological polar surface area (TPSA) is 74.6 Å². The number of hydrogen-bond donors (Lipinski definition) is 2. The maximum atomic E-state index is 8.75. The van der Waals surface area contributed by atoms with E-state index in [0.29, 0.717) is 5.75 Å². The molecule has 2 aliphatic rings. The number of hydrogen-bond acceptors (Lipinski definition) is 7. The molecule has 0 amide bonds. The molecule has 2 aliphatic heterocycles. The summed E-state index contributed by atoms with van der Waals surface area (Å²) in [6.45, 7) is 10.1. The van der Waals surface area contributed by atoms with E-state index in [0.717, 1.165) is 81.6 Å². The van der Waals surface area contributed by atoms with Gasteiger partial charge in [-0.1, -0.05) is 0 Å². The molecule has 2 saturated heterocycles. The van der Waals surface area contributed by atoms with Crippen LogP contribution in [0.4, 0.5) is 0 Å². The van der Waals surface area contributed by atoms with Gasteiger partial charge in [0.2, 0.25) is 0 Å². The van der Waals surface area contributed by atoms with Crippen LogP contribution < -0.4 is 4.74 Å². The van der Waals surface area contributed by atoms with Gasteiger partial charge in [-0.2, -0.15) is 0 Å². The van der Waals surface area contributed by atoms with Gasteiger partial charge in [0.1, 0.15) is 18.1 Å². The van der Waals surface area contributed by atoms with Gasteiger partial charge >= 0.3 is 0 Å². The molecule has 9 heteroatoms. The Hall–Kier alpha value is -0.700. The van der Waals surface area contributed by atoms with Crippen LogP contribution in [0.25, 0.3) is 0 Å². The van der Waals surface area contributed by atoms with Crippen LogP contribution in [0.15, 0.2) is 48.5 Å². The Balaban J connectivity index is 0.000000192. The molecular formula is C24H34I2N2O5. The van der Waals surface area contributed by atoms with E-state index in [1.807, 2.05) is 24.3 Å². The highest BCUT2D eigenvalue weighted by atomic mass is 127. The Kier molecular flexibility index (Phi) is 15.3. The molecule has 0 radical (unpaired) electrons. The molecule has 2 fully saturated rings. The number of aromatic hydroxyl groups is 1. The molecule has 0 spiro atoms. The van der Waals surface area contributed by atoms with Crippen LogP contribution in [-0.4, -0.2) is 98.9 Å². The molecule has 0 bridgehead atoms. The molecule has 7 nitrogen and oxygen atoms in total. The lowest BCUT2D eigenvalue weighted by Crippen LogP contribution is -2.38. The van der Waals surface area contributed by atoms with Crippen LogP contribution in [0.3, 0.4) is 0 Å². The number of nitrogens with zero attached hydrogens (tertiary/aromatic N) is 2. The number of β-amino-alcohol motifs (C(OH)–C–C–N with tert-alkyl or cyclic N) is 1. The zero-order chi connectivity index (χ0) is 23.7. The minimum absolute atomic E-state index is 0.264. The minimum Gasteiger partial charge on any atom is -0.508 e. The normalized spacial score (nSPS) is 16.7. The Morgan fingerprint density at radius 1 is 0.727 bits per heavy atom. The summed E-state index contributed by atoms with van der Waals surface area (Å²) >= 11 is 4.48. The second-order valence-electron chi connectivity index (χ2n) is 7.41. The number of ether oxygens (including phenoxy) is 3. The molecule has 2 N–H and O–H groups in total. The third-order valence-electron chi connectivity index (χ3n) is 4.94. The number of halogens is 2. The largest absolute Gasteiger partial charge is 0.508 e. The Morgan fingerprint density at radius 3 is 1.64 bits per heavy atom. The minimum atomic E-state index is 0.264. The summed E-state index contributed by atoms with van der Waals surface area (Å²) in [7, 11) is 0. The summed E-state index contributed by atoms with van der Waals surface area (Å²) in [6, 6.07) is 15.2. The summed E-state index contributed by atoms with van der Waals surface area (Å²) < 4.78 is 18.5. The average Bonchev–Trinajstić information content (AvgIpc) is 2.85. The molecule has 33 heavy (non-hydrogen) atoms. The van der Waals surface area contributed by atoms with Gasteiger partial charge in [0, 0.05) is 46.4 Å². The number of aliphatic hydroxyl groups excluding tert-OH is 1. The Labute approximate surface area is 224 Å². The number of morpholine rings is 2. The van der Waals surface area contributed by atoms with Crippen molar-refractivity contribution in [2.45, 2.75) is 0 Å². The first kappa shape index (κ1) is 28.5. The number of phenolic OH excluding ortho intramolecular Hbond substituents is 1. The van der Waals surface area contributed by atoms with Crippen molar-refractivity contribution in [3.05, 3.63) is 55.7 Å². The van der Waals surface area contributed by atoms with E-state index in [4.69, 9.17) is 24.4 Å². The van der Waals surface area contributed by atoms with Crippen LogP contribution in [0.1, 0.15) is 0 Å². The molecule has 0 saturated carbocycles. The standard InChI is InChI=1S/C12H16INO2.C6H5IO.C6H13NO2/c13-11-1-3-12(4-2-11)16-10-7-14-5-8-15-9-6-14;7-5-1-3-6(8)4-2-5;8-4-1-7-2-5-9-6-3-7/h1-4H,5-10H2;1-4,8H;8H,1-6H2. The third-order valence-corrected chi connectivity index (χ3v) is 6.38. The van der Waals surface area contributed by atoms with E-state index in [1.54, 1.807) is 12.1 Å². The molecule has 0 unspecified atom stereocenters. The fraction of sp³-hybridized carbons (Fsp3) is 0.500. The smallest absolute Gasteiger partial charge is 0.119 e. The molecule has 2 heterocycles. The van der Waals surface area contributed by atoms with Crippen LogP contribution >= 0.6 is 45.2 Å². The molecule has 2 aromatic rings. The Bertz CT molecular complexity index is 714. The third kappa shape index (κ3) is 13.7. The van der Waals surface area contributed by atoms with Crippen molar-refractivity contribution in [2.24, 2.45) is 0 Å². The van der Waals surface area contributed by atoms with Gasteiger partial charge in [0.25, 0.3) is 0 Å². The maximum absolute atomic E-state index is 8.75. The molecule has 0 aliphatic carbocycles. The quantitative estimate of drug-likeness (QED) is 0.453. The predicted octanol–water partition coefficient (Wildman–Crippen LogP) is 3.31. The van der Waals surface area contributed by atoms with Crippen molar-refractivity contribution in [1.82, 2.24) is 9.80 Å². The van der Waals surface area contributed by atoms with E-state index < -0.39 is 0 Å². The van der Waals surface area contributed by atoms with Crippen LogP contribution in [-0.2, 0) is 9.47 Å². The molecule has 0 atom stereocenters. The van der Waals surface area contributed by atoms with Gasteiger partial charge < -0.3 is 24.4 Å². The monoisotopic (exact) mass is 684 g/mol. The lowest BCUT2D eigenvalue weighted by atomic mass is 10.3. The summed E-state index contributed by atoms with van der Waals surface area (Å²) in [5.74, 6) is 1.28. The fourth-order valence-electron chi connectivity index (χ4n) is 3.06. The summed E-state index contributed by atoms with van der Waals surface area (Å²) in [6.07, 6.45) is 0. The second-order valence-corrected chi connectivity index (χ2v) is 9.90. The van der Waals surface area contributed by atoms with E-state index in [1.165, 1.54) is 3.57 Å². The van der Waals surface area contributed by atoms with Crippen LogP contribution in [0, 0.1) is 7.14 Å².